The molecule has 0 fully saturated rings. The smallest absolute Gasteiger partial charge is 0.261 e. The molecule has 0 bridgehead atoms. The van der Waals surface area contributed by atoms with Crippen LogP contribution in [0.3, 0.4) is 0 Å². The van der Waals surface area contributed by atoms with E-state index in [-0.39, 0.29) is 23.4 Å². The third-order valence-corrected chi connectivity index (χ3v) is 12.6. The van der Waals surface area contributed by atoms with Crippen LogP contribution in [0, 0.1) is 0 Å². The maximum atomic E-state index is 7.21. The highest BCUT2D eigenvalue weighted by Gasteiger charge is 2.50. The van der Waals surface area contributed by atoms with Crippen molar-refractivity contribution in [3.05, 3.63) is 103 Å². The van der Waals surface area contributed by atoms with E-state index in [9.17, 15) is 0 Å². The van der Waals surface area contributed by atoms with E-state index in [0.29, 0.717) is 13.2 Å². The molecular formula is C34H44O4Si. The number of hydrogen-bond acceptors (Lipinski definition) is 4. The van der Waals surface area contributed by atoms with E-state index >= 15 is 0 Å². The van der Waals surface area contributed by atoms with E-state index in [2.05, 4.69) is 113 Å². The predicted octanol–water partition coefficient (Wildman–Crippen LogP) is 6.67. The molecular weight excluding hydrogens is 500 g/mol. The first-order chi connectivity index (χ1) is 18.9. The maximum Gasteiger partial charge on any atom is 0.261 e. The zero-order chi connectivity index (χ0) is 27.7. The molecule has 4 rings (SSSR count). The predicted molar refractivity (Wildman–Crippen MR) is 162 cm³/mol. The lowest BCUT2D eigenvalue weighted by molar-refractivity contribution is -0.116. The number of benzene rings is 3. The van der Waals surface area contributed by atoms with Gasteiger partial charge in [-0.1, -0.05) is 113 Å². The lowest BCUT2D eigenvalue weighted by Gasteiger charge is -2.44. The van der Waals surface area contributed by atoms with Crippen LogP contribution in [0.4, 0.5) is 0 Å². The second-order valence-electron chi connectivity index (χ2n) is 11.3. The van der Waals surface area contributed by atoms with Crippen LogP contribution in [0.5, 0.6) is 5.75 Å². The maximum absolute atomic E-state index is 7.21. The number of hydrogen-bond donors (Lipinski definition) is 0. The highest BCUT2D eigenvalue weighted by molar-refractivity contribution is 6.99. The first-order valence-corrected chi connectivity index (χ1v) is 16.1. The highest BCUT2D eigenvalue weighted by Crippen LogP contribution is 2.37. The number of methoxy groups -OCH3 is 1. The first-order valence-electron chi connectivity index (χ1n) is 14.2. The lowest BCUT2D eigenvalue weighted by atomic mass is 10.0. The fourth-order valence-corrected chi connectivity index (χ4v) is 10.2. The molecule has 0 unspecified atom stereocenters. The molecule has 1 aliphatic rings. The van der Waals surface area contributed by atoms with Gasteiger partial charge >= 0.3 is 0 Å². The van der Waals surface area contributed by atoms with Gasteiger partial charge in [-0.2, -0.15) is 0 Å². The molecule has 39 heavy (non-hydrogen) atoms. The summed E-state index contributed by atoms with van der Waals surface area (Å²) in [5, 5.41) is 2.51. The molecule has 0 saturated heterocycles. The molecule has 3 atom stereocenters. The van der Waals surface area contributed by atoms with E-state index in [4.69, 9.17) is 18.6 Å². The van der Waals surface area contributed by atoms with Crippen LogP contribution in [-0.4, -0.2) is 40.3 Å². The van der Waals surface area contributed by atoms with Crippen molar-refractivity contribution in [2.24, 2.45) is 0 Å². The van der Waals surface area contributed by atoms with Gasteiger partial charge in [0.05, 0.1) is 38.6 Å². The van der Waals surface area contributed by atoms with Crippen LogP contribution in [0.15, 0.2) is 97.1 Å². The van der Waals surface area contributed by atoms with Crippen molar-refractivity contribution in [2.45, 2.75) is 76.9 Å². The molecule has 0 radical (unpaired) electrons. The molecule has 0 spiro atoms. The molecule has 0 amide bonds. The monoisotopic (exact) mass is 544 g/mol. The van der Waals surface area contributed by atoms with E-state index in [1.165, 1.54) is 10.4 Å². The quantitative estimate of drug-likeness (QED) is 0.211. The summed E-state index contributed by atoms with van der Waals surface area (Å²) in [5.74, 6) is 0.853. The average Bonchev–Trinajstić information content (AvgIpc) is 2.94. The number of rotatable bonds is 10. The van der Waals surface area contributed by atoms with Crippen LogP contribution >= 0.6 is 0 Å². The van der Waals surface area contributed by atoms with Crippen molar-refractivity contribution in [1.82, 2.24) is 0 Å². The molecule has 1 heterocycles. The van der Waals surface area contributed by atoms with E-state index in [1.807, 2.05) is 12.1 Å². The van der Waals surface area contributed by atoms with Crippen molar-refractivity contribution < 1.29 is 18.6 Å². The molecule has 1 aliphatic heterocycles. The average molecular weight is 545 g/mol. The molecule has 3 aromatic carbocycles. The van der Waals surface area contributed by atoms with Gasteiger partial charge in [0.15, 0.2) is 0 Å². The zero-order valence-corrected chi connectivity index (χ0v) is 25.1. The van der Waals surface area contributed by atoms with Gasteiger partial charge in [-0.3, -0.25) is 0 Å². The standard InChI is InChI=1S/C34H44O4Si/c1-6-32-33(36-25-27-21-23-28(35-5)24-22-27)20-14-13-15-29(38-32)26-37-39(34(2,3)4,30-16-9-7-10-17-30)31-18-11-8-12-19-31/h7-14,16-19,21-24,29,32-33H,6,15,20,25-26H2,1-5H3/b14-13-/t29-,32-,33-/m1/s1. The van der Waals surface area contributed by atoms with Gasteiger partial charge in [-0.25, -0.2) is 0 Å². The third kappa shape index (κ3) is 7.09. The van der Waals surface area contributed by atoms with Crippen molar-refractivity contribution >= 4 is 18.7 Å². The highest BCUT2D eigenvalue weighted by atomic mass is 28.4. The summed E-state index contributed by atoms with van der Waals surface area (Å²) in [5.41, 5.74) is 1.13. The van der Waals surface area contributed by atoms with E-state index in [0.717, 1.165) is 30.6 Å². The third-order valence-electron chi connectivity index (χ3n) is 7.64. The minimum Gasteiger partial charge on any atom is -0.497 e. The second kappa shape index (κ2) is 13.6. The fraction of sp³-hybridized carbons (Fsp3) is 0.412. The Morgan fingerprint density at radius 1 is 0.821 bits per heavy atom. The van der Waals surface area contributed by atoms with Crippen molar-refractivity contribution in [3.63, 3.8) is 0 Å². The minimum atomic E-state index is -2.62. The Bertz CT molecular complexity index is 1120. The van der Waals surface area contributed by atoms with Gasteiger partial charge in [0.25, 0.3) is 8.32 Å². The minimum absolute atomic E-state index is 0.000882. The summed E-state index contributed by atoms with van der Waals surface area (Å²) in [6, 6.07) is 29.7. The SMILES string of the molecule is CC[C@H]1O[C@@H](CO[Si](c2ccccc2)(c2ccccc2)C(C)(C)C)C/C=C\C[C@H]1OCc1ccc(OC)cc1. The number of ether oxygens (including phenoxy) is 3. The van der Waals surface area contributed by atoms with Gasteiger partial charge in [0.1, 0.15) is 5.75 Å². The molecule has 0 N–H and O–H groups in total. The van der Waals surface area contributed by atoms with Crippen molar-refractivity contribution in [1.29, 1.82) is 0 Å². The summed E-state index contributed by atoms with van der Waals surface area (Å²) >= 11 is 0. The van der Waals surface area contributed by atoms with Crippen LogP contribution in [0.2, 0.25) is 5.04 Å². The molecule has 0 saturated carbocycles. The van der Waals surface area contributed by atoms with Crippen LogP contribution < -0.4 is 15.1 Å². The van der Waals surface area contributed by atoms with Gasteiger partial charge in [0.2, 0.25) is 0 Å². The first kappa shape index (κ1) is 29.3. The van der Waals surface area contributed by atoms with Gasteiger partial charge < -0.3 is 18.6 Å². The van der Waals surface area contributed by atoms with Gasteiger partial charge in [-0.05, 0) is 52.4 Å². The Morgan fingerprint density at radius 2 is 1.41 bits per heavy atom. The molecule has 4 nitrogen and oxygen atoms in total. The summed E-state index contributed by atoms with van der Waals surface area (Å²) in [7, 11) is -0.940. The van der Waals surface area contributed by atoms with Crippen molar-refractivity contribution in [3.8, 4) is 5.75 Å². The summed E-state index contributed by atoms with van der Waals surface area (Å²) in [6.45, 7) is 10.2. The molecule has 3 aromatic rings. The zero-order valence-electron chi connectivity index (χ0n) is 24.1. The van der Waals surface area contributed by atoms with Crippen LogP contribution in [-0.2, 0) is 20.5 Å². The summed E-state index contributed by atoms with van der Waals surface area (Å²) < 4.78 is 25.7. The Hall–Kier alpha value is -2.70. The van der Waals surface area contributed by atoms with Crippen LogP contribution in [0.25, 0.3) is 0 Å². The van der Waals surface area contributed by atoms with E-state index in [1.54, 1.807) is 7.11 Å². The fourth-order valence-electron chi connectivity index (χ4n) is 5.57. The Labute approximate surface area is 236 Å². The Balaban J connectivity index is 1.52. The molecule has 5 heteroatoms. The van der Waals surface area contributed by atoms with Crippen LogP contribution in [0.1, 0.15) is 52.5 Å². The normalized spacial score (nSPS) is 21.1. The van der Waals surface area contributed by atoms with Gasteiger partial charge in [0, 0.05) is 0 Å². The summed E-state index contributed by atoms with van der Waals surface area (Å²) in [6.07, 6.45) is 6.99. The Kier molecular flexibility index (Phi) is 10.2. The topological polar surface area (TPSA) is 36.9 Å². The lowest BCUT2D eigenvalue weighted by Crippen LogP contribution is -2.67. The summed E-state index contributed by atoms with van der Waals surface area (Å²) in [4.78, 5) is 0. The molecule has 0 aliphatic carbocycles. The molecule has 0 aromatic heterocycles. The van der Waals surface area contributed by atoms with Crippen molar-refractivity contribution in [2.75, 3.05) is 13.7 Å². The van der Waals surface area contributed by atoms with Gasteiger partial charge in [-0.15, -0.1) is 0 Å². The largest absolute Gasteiger partial charge is 0.497 e. The second-order valence-corrected chi connectivity index (χ2v) is 15.6. The van der Waals surface area contributed by atoms with E-state index < -0.39 is 8.32 Å². The Morgan fingerprint density at radius 3 is 1.95 bits per heavy atom. The molecule has 208 valence electrons.